The summed E-state index contributed by atoms with van der Waals surface area (Å²) in [5, 5.41) is -0.169. The standard InChI is InChI=1S/C27H28ClN3O5S/c1-3-14-36-25-21(28)15-19(16-22(25)35-4-2)17-23-26(33)31(27(34)37-23)18-24(32)30-12-10-29(11-13-30)20-8-6-5-7-9-20/h3,5-9,15-17H,1,4,10-14,18H2,2H3/b23-17+. The van der Waals surface area contributed by atoms with Gasteiger partial charge >= 0.3 is 0 Å². The molecule has 8 nitrogen and oxygen atoms in total. The van der Waals surface area contributed by atoms with E-state index in [2.05, 4.69) is 11.5 Å². The fourth-order valence-electron chi connectivity index (χ4n) is 4.09. The zero-order chi connectivity index (χ0) is 26.4. The number of imide groups is 1. The number of thioether (sulfide) groups is 1. The Morgan fingerprint density at radius 2 is 1.84 bits per heavy atom. The highest BCUT2D eigenvalue weighted by atomic mass is 35.5. The summed E-state index contributed by atoms with van der Waals surface area (Å²) in [6.45, 7) is 8.26. The van der Waals surface area contributed by atoms with Crippen molar-refractivity contribution in [3.63, 3.8) is 0 Å². The van der Waals surface area contributed by atoms with Crippen molar-refractivity contribution >= 4 is 52.2 Å². The number of benzene rings is 2. The lowest BCUT2D eigenvalue weighted by Crippen LogP contribution is -2.51. The van der Waals surface area contributed by atoms with Crippen LogP contribution < -0.4 is 14.4 Å². The van der Waals surface area contributed by atoms with Crippen LogP contribution in [0.5, 0.6) is 11.5 Å². The Labute approximate surface area is 225 Å². The molecule has 0 bridgehead atoms. The van der Waals surface area contributed by atoms with Gasteiger partial charge < -0.3 is 19.3 Å². The highest BCUT2D eigenvalue weighted by Gasteiger charge is 2.37. The molecule has 37 heavy (non-hydrogen) atoms. The van der Waals surface area contributed by atoms with Crippen molar-refractivity contribution in [2.45, 2.75) is 6.92 Å². The van der Waals surface area contributed by atoms with Crippen molar-refractivity contribution in [1.82, 2.24) is 9.80 Å². The van der Waals surface area contributed by atoms with Gasteiger partial charge in [0.2, 0.25) is 5.91 Å². The molecular weight excluding hydrogens is 514 g/mol. The molecule has 0 N–H and O–H groups in total. The van der Waals surface area contributed by atoms with Gasteiger partial charge in [-0.15, -0.1) is 0 Å². The number of carbonyl (C=O) groups excluding carboxylic acids is 3. The second kappa shape index (κ2) is 12.2. The van der Waals surface area contributed by atoms with E-state index < -0.39 is 11.1 Å². The highest BCUT2D eigenvalue weighted by Crippen LogP contribution is 2.39. The molecule has 10 heteroatoms. The van der Waals surface area contributed by atoms with Crippen LogP contribution in [-0.2, 0) is 9.59 Å². The Balaban J connectivity index is 1.42. The number of piperazine rings is 1. The molecule has 0 aliphatic carbocycles. The van der Waals surface area contributed by atoms with Gasteiger partial charge in [-0.3, -0.25) is 19.3 Å². The van der Waals surface area contributed by atoms with E-state index in [1.807, 2.05) is 37.3 Å². The van der Waals surface area contributed by atoms with E-state index in [1.54, 1.807) is 29.2 Å². The third kappa shape index (κ3) is 6.29. The largest absolute Gasteiger partial charge is 0.490 e. The van der Waals surface area contributed by atoms with Crippen LogP contribution in [0.4, 0.5) is 10.5 Å². The zero-order valence-electron chi connectivity index (χ0n) is 20.5. The molecule has 0 unspecified atom stereocenters. The number of amides is 3. The summed E-state index contributed by atoms with van der Waals surface area (Å²) in [6, 6.07) is 13.3. The molecule has 2 saturated heterocycles. The van der Waals surface area contributed by atoms with Crippen LogP contribution in [0, 0.1) is 0 Å². The lowest BCUT2D eigenvalue weighted by molar-refractivity contribution is -0.136. The summed E-state index contributed by atoms with van der Waals surface area (Å²) in [5.74, 6) is 0.0489. The number of anilines is 1. The Morgan fingerprint density at radius 3 is 2.51 bits per heavy atom. The first-order valence-corrected chi connectivity index (χ1v) is 13.1. The molecule has 194 valence electrons. The fourth-order valence-corrected chi connectivity index (χ4v) is 5.20. The summed E-state index contributed by atoms with van der Waals surface area (Å²) < 4.78 is 11.3. The van der Waals surface area contributed by atoms with Crippen molar-refractivity contribution in [2.75, 3.05) is 50.8 Å². The number of hydrogen-bond donors (Lipinski definition) is 0. The van der Waals surface area contributed by atoms with Crippen LogP contribution in [0.1, 0.15) is 12.5 Å². The van der Waals surface area contributed by atoms with Gasteiger partial charge in [-0.2, -0.15) is 0 Å². The van der Waals surface area contributed by atoms with E-state index in [9.17, 15) is 14.4 Å². The van der Waals surface area contributed by atoms with Gasteiger partial charge in [-0.25, -0.2) is 0 Å². The number of hydrogen-bond acceptors (Lipinski definition) is 7. The predicted molar refractivity (Wildman–Crippen MR) is 146 cm³/mol. The first-order chi connectivity index (χ1) is 17.9. The molecule has 2 fully saturated rings. The van der Waals surface area contributed by atoms with Gasteiger partial charge in [0.05, 0.1) is 16.5 Å². The van der Waals surface area contributed by atoms with Gasteiger partial charge in [0, 0.05) is 31.9 Å². The summed E-state index contributed by atoms with van der Waals surface area (Å²) in [6.07, 6.45) is 3.17. The molecule has 0 spiro atoms. The number of ether oxygens (including phenoxy) is 2. The molecule has 2 aromatic rings. The summed E-state index contributed by atoms with van der Waals surface area (Å²) in [5.41, 5.74) is 1.69. The molecule has 0 saturated carbocycles. The Morgan fingerprint density at radius 1 is 1.11 bits per heavy atom. The minimum Gasteiger partial charge on any atom is -0.490 e. The fraction of sp³-hybridized carbons (Fsp3) is 0.296. The minimum absolute atomic E-state index is 0.213. The Kier molecular flexibility index (Phi) is 8.78. The maximum absolute atomic E-state index is 13.0. The van der Waals surface area contributed by atoms with Gasteiger partial charge in [-0.05, 0) is 54.6 Å². The molecule has 0 aromatic heterocycles. The maximum Gasteiger partial charge on any atom is 0.294 e. The van der Waals surface area contributed by atoms with Crippen molar-refractivity contribution in [3.05, 3.63) is 70.6 Å². The van der Waals surface area contributed by atoms with Crippen LogP contribution in [-0.4, -0.2) is 72.8 Å². The minimum atomic E-state index is -0.507. The van der Waals surface area contributed by atoms with Crippen LogP contribution in [0.2, 0.25) is 5.02 Å². The van der Waals surface area contributed by atoms with Gasteiger partial charge in [0.1, 0.15) is 13.2 Å². The molecule has 4 rings (SSSR count). The van der Waals surface area contributed by atoms with Crippen molar-refractivity contribution in [3.8, 4) is 11.5 Å². The van der Waals surface area contributed by atoms with E-state index in [0.717, 1.165) is 22.3 Å². The number of halogens is 1. The molecule has 2 aliphatic heterocycles. The highest BCUT2D eigenvalue weighted by molar-refractivity contribution is 8.18. The average molecular weight is 542 g/mol. The van der Waals surface area contributed by atoms with Crippen LogP contribution in [0.3, 0.4) is 0 Å². The molecule has 2 heterocycles. The lowest BCUT2D eigenvalue weighted by atomic mass is 10.1. The van der Waals surface area contributed by atoms with E-state index in [0.29, 0.717) is 54.9 Å². The number of rotatable bonds is 9. The van der Waals surface area contributed by atoms with E-state index in [4.69, 9.17) is 21.1 Å². The van der Waals surface area contributed by atoms with Gasteiger partial charge in [0.15, 0.2) is 11.5 Å². The smallest absolute Gasteiger partial charge is 0.294 e. The SMILES string of the molecule is C=CCOc1c(Cl)cc(/C=C2/SC(=O)N(CC(=O)N3CCN(c4ccccc4)CC3)C2=O)cc1OCC. The third-order valence-electron chi connectivity index (χ3n) is 5.90. The van der Waals surface area contributed by atoms with E-state index in [-0.39, 0.29) is 24.0 Å². The summed E-state index contributed by atoms with van der Waals surface area (Å²) in [7, 11) is 0. The topological polar surface area (TPSA) is 79.4 Å². The van der Waals surface area contributed by atoms with Crippen LogP contribution >= 0.6 is 23.4 Å². The molecular formula is C27H28ClN3O5S. The first kappa shape index (κ1) is 26.6. The van der Waals surface area contributed by atoms with Gasteiger partial charge in [0.25, 0.3) is 11.1 Å². The quantitative estimate of drug-likeness (QED) is 0.336. The second-order valence-electron chi connectivity index (χ2n) is 8.33. The van der Waals surface area contributed by atoms with Crippen LogP contribution in [0.15, 0.2) is 60.0 Å². The number of nitrogens with zero attached hydrogens (tertiary/aromatic N) is 3. The predicted octanol–water partition coefficient (Wildman–Crippen LogP) is 4.69. The molecule has 0 radical (unpaired) electrons. The summed E-state index contributed by atoms with van der Waals surface area (Å²) in [4.78, 5) is 43.7. The average Bonchev–Trinajstić information content (AvgIpc) is 3.16. The normalized spacial score (nSPS) is 16.9. The molecule has 2 aliphatic rings. The zero-order valence-corrected chi connectivity index (χ0v) is 22.1. The van der Waals surface area contributed by atoms with Crippen LogP contribution in [0.25, 0.3) is 6.08 Å². The Hall–Kier alpha value is -3.43. The lowest BCUT2D eigenvalue weighted by Gasteiger charge is -2.36. The van der Waals surface area contributed by atoms with Crippen molar-refractivity contribution in [1.29, 1.82) is 0 Å². The summed E-state index contributed by atoms with van der Waals surface area (Å²) >= 11 is 7.20. The third-order valence-corrected chi connectivity index (χ3v) is 7.08. The van der Waals surface area contributed by atoms with Crippen molar-refractivity contribution in [2.24, 2.45) is 0 Å². The van der Waals surface area contributed by atoms with E-state index >= 15 is 0 Å². The monoisotopic (exact) mass is 541 g/mol. The number of para-hydroxylation sites is 1. The molecule has 0 atom stereocenters. The molecule has 2 aromatic carbocycles. The second-order valence-corrected chi connectivity index (χ2v) is 9.73. The molecule has 3 amide bonds. The van der Waals surface area contributed by atoms with E-state index in [1.165, 1.54) is 0 Å². The first-order valence-electron chi connectivity index (χ1n) is 11.9. The van der Waals surface area contributed by atoms with Crippen molar-refractivity contribution < 1.29 is 23.9 Å². The Bertz CT molecular complexity index is 1210. The van der Waals surface area contributed by atoms with Gasteiger partial charge in [-0.1, -0.05) is 42.5 Å². The maximum atomic E-state index is 13.0. The number of carbonyl (C=O) groups is 3.